The molecule has 2 aromatic rings. The van der Waals surface area contributed by atoms with Crippen molar-refractivity contribution >= 4 is 39.0 Å². The number of hydrogen-bond donors (Lipinski definition) is 1. The minimum absolute atomic E-state index is 0.118. The van der Waals surface area contributed by atoms with Crippen molar-refractivity contribution in [2.45, 2.75) is 13.8 Å². The van der Waals surface area contributed by atoms with Gasteiger partial charge in [-0.1, -0.05) is 28.1 Å². The first-order valence-electron chi connectivity index (χ1n) is 7.44. The van der Waals surface area contributed by atoms with Gasteiger partial charge in [0.15, 0.2) is 0 Å². The molecule has 0 aliphatic heterocycles. The third-order valence-corrected chi connectivity index (χ3v) is 3.84. The molecule has 0 fully saturated rings. The van der Waals surface area contributed by atoms with Crippen LogP contribution in [-0.4, -0.2) is 23.2 Å². The lowest BCUT2D eigenvalue weighted by Crippen LogP contribution is -2.07. The Morgan fingerprint density at radius 1 is 1.24 bits per heavy atom. The van der Waals surface area contributed by atoms with Crippen molar-refractivity contribution in [3.8, 4) is 0 Å². The number of carbonyl (C=O) groups is 1. The number of rotatable bonds is 6. The predicted molar refractivity (Wildman–Crippen MR) is 99.0 cm³/mol. The molecule has 8 heteroatoms. The van der Waals surface area contributed by atoms with E-state index in [0.29, 0.717) is 5.71 Å². The van der Waals surface area contributed by atoms with Gasteiger partial charge in [-0.2, -0.15) is 5.10 Å². The van der Waals surface area contributed by atoms with E-state index < -0.39 is 10.9 Å². The zero-order chi connectivity index (χ0) is 18.4. The summed E-state index contributed by atoms with van der Waals surface area (Å²) in [6, 6.07) is 11.6. The molecule has 130 valence electrons. The topological polar surface area (TPSA) is 93.8 Å². The van der Waals surface area contributed by atoms with Crippen LogP contribution in [0.4, 0.5) is 11.4 Å². The molecular weight excluding hydrogens is 390 g/mol. The number of halogens is 1. The van der Waals surface area contributed by atoms with Gasteiger partial charge in [0.05, 0.1) is 22.8 Å². The van der Waals surface area contributed by atoms with Crippen LogP contribution in [0, 0.1) is 10.1 Å². The minimum atomic E-state index is -0.605. The number of hydrogen-bond acceptors (Lipinski definition) is 6. The minimum Gasteiger partial charge on any atom is -0.462 e. The highest BCUT2D eigenvalue weighted by Gasteiger charge is 2.18. The first-order chi connectivity index (χ1) is 11.9. The first kappa shape index (κ1) is 18.6. The molecule has 0 saturated carbocycles. The van der Waals surface area contributed by atoms with E-state index in [-0.39, 0.29) is 23.5 Å². The van der Waals surface area contributed by atoms with Crippen molar-refractivity contribution < 1.29 is 14.5 Å². The number of hydrazone groups is 1. The van der Waals surface area contributed by atoms with Crippen LogP contribution in [0.2, 0.25) is 0 Å². The molecule has 7 nitrogen and oxygen atoms in total. The second-order valence-corrected chi connectivity index (χ2v) is 5.94. The lowest BCUT2D eigenvalue weighted by Gasteiger charge is -2.07. The van der Waals surface area contributed by atoms with E-state index in [2.05, 4.69) is 26.5 Å². The summed E-state index contributed by atoms with van der Waals surface area (Å²) in [7, 11) is 0. The number of nitro benzene ring substituents is 1. The van der Waals surface area contributed by atoms with Gasteiger partial charge < -0.3 is 4.74 Å². The quantitative estimate of drug-likeness (QED) is 0.333. The maximum Gasteiger partial charge on any atom is 0.338 e. The molecule has 0 heterocycles. The standard InChI is InChI=1S/C17H16BrN3O4/c1-3-25-17(22)13-6-9-15(16(10-13)21(23)24)20-19-11(2)12-4-7-14(18)8-5-12/h4-10,20H,3H2,1-2H3. The molecule has 0 amide bonds. The van der Waals surface area contributed by atoms with Gasteiger partial charge >= 0.3 is 5.97 Å². The molecule has 0 bridgehead atoms. The Balaban J connectivity index is 2.26. The number of nitrogens with zero attached hydrogens (tertiary/aromatic N) is 2. The average Bonchev–Trinajstić information content (AvgIpc) is 2.60. The number of ether oxygens (including phenoxy) is 1. The lowest BCUT2D eigenvalue weighted by atomic mass is 10.1. The van der Waals surface area contributed by atoms with Crippen molar-refractivity contribution in [3.63, 3.8) is 0 Å². The molecule has 25 heavy (non-hydrogen) atoms. The molecule has 0 aromatic heterocycles. The van der Waals surface area contributed by atoms with E-state index in [9.17, 15) is 14.9 Å². The Morgan fingerprint density at radius 2 is 1.88 bits per heavy atom. The third kappa shape index (κ3) is 4.87. The molecular formula is C17H16BrN3O4. The number of nitrogens with one attached hydrogen (secondary N) is 1. The number of nitro groups is 1. The monoisotopic (exact) mass is 405 g/mol. The second-order valence-electron chi connectivity index (χ2n) is 5.03. The highest BCUT2D eigenvalue weighted by Crippen LogP contribution is 2.26. The van der Waals surface area contributed by atoms with Gasteiger partial charge in [-0.3, -0.25) is 15.5 Å². The molecule has 2 aromatic carbocycles. The fourth-order valence-corrected chi connectivity index (χ4v) is 2.28. The Kier molecular flexibility index (Phi) is 6.24. The van der Waals surface area contributed by atoms with Crippen molar-refractivity contribution in [1.29, 1.82) is 0 Å². The highest BCUT2D eigenvalue weighted by molar-refractivity contribution is 9.10. The number of carbonyl (C=O) groups excluding carboxylic acids is 1. The van der Waals surface area contributed by atoms with Crippen LogP contribution in [0.25, 0.3) is 0 Å². The van der Waals surface area contributed by atoms with Gasteiger partial charge in [0.25, 0.3) is 5.69 Å². The van der Waals surface area contributed by atoms with Crippen LogP contribution in [0.15, 0.2) is 52.0 Å². The van der Waals surface area contributed by atoms with Gasteiger partial charge in [-0.05, 0) is 43.7 Å². The molecule has 1 N–H and O–H groups in total. The lowest BCUT2D eigenvalue weighted by molar-refractivity contribution is -0.384. The van der Waals surface area contributed by atoms with Gasteiger partial charge in [0.2, 0.25) is 0 Å². The van der Waals surface area contributed by atoms with Gasteiger partial charge in [0.1, 0.15) is 5.69 Å². The maximum absolute atomic E-state index is 11.7. The molecule has 0 saturated heterocycles. The average molecular weight is 406 g/mol. The molecule has 0 atom stereocenters. The molecule has 0 aliphatic rings. The number of anilines is 1. The van der Waals surface area contributed by atoms with Gasteiger partial charge in [0, 0.05) is 10.5 Å². The van der Waals surface area contributed by atoms with E-state index >= 15 is 0 Å². The molecule has 0 spiro atoms. The SMILES string of the molecule is CCOC(=O)c1ccc(NN=C(C)c2ccc(Br)cc2)c([N+](=O)[O-])c1. The Morgan fingerprint density at radius 3 is 2.48 bits per heavy atom. The summed E-state index contributed by atoms with van der Waals surface area (Å²) in [5.41, 5.74) is 4.28. The van der Waals surface area contributed by atoms with Crippen LogP contribution in [-0.2, 0) is 4.74 Å². The molecule has 0 aliphatic carbocycles. The van der Waals surface area contributed by atoms with Crippen LogP contribution in [0.1, 0.15) is 29.8 Å². The summed E-state index contributed by atoms with van der Waals surface area (Å²) in [4.78, 5) is 22.4. The largest absolute Gasteiger partial charge is 0.462 e. The second kappa shape index (κ2) is 8.39. The summed E-state index contributed by atoms with van der Waals surface area (Å²) in [5, 5.41) is 15.4. The van der Waals surface area contributed by atoms with E-state index in [1.165, 1.54) is 18.2 Å². The third-order valence-electron chi connectivity index (χ3n) is 3.31. The first-order valence-corrected chi connectivity index (χ1v) is 8.23. The summed E-state index contributed by atoms with van der Waals surface area (Å²) in [5.74, 6) is -0.605. The van der Waals surface area contributed by atoms with E-state index in [1.807, 2.05) is 24.3 Å². The summed E-state index contributed by atoms with van der Waals surface area (Å²) in [6.45, 7) is 3.65. The van der Waals surface area contributed by atoms with Gasteiger partial charge in [-0.15, -0.1) is 0 Å². The fraction of sp³-hybridized carbons (Fsp3) is 0.176. The summed E-state index contributed by atoms with van der Waals surface area (Å²) in [6.07, 6.45) is 0. The fourth-order valence-electron chi connectivity index (χ4n) is 2.02. The predicted octanol–water partition coefficient (Wildman–Crippen LogP) is 4.37. The zero-order valence-corrected chi connectivity index (χ0v) is 15.2. The van der Waals surface area contributed by atoms with E-state index in [1.54, 1.807) is 13.8 Å². The van der Waals surface area contributed by atoms with Crippen molar-refractivity contribution in [2.75, 3.05) is 12.0 Å². The van der Waals surface area contributed by atoms with Crippen LogP contribution >= 0.6 is 15.9 Å². The van der Waals surface area contributed by atoms with Crippen molar-refractivity contribution in [3.05, 3.63) is 68.2 Å². The molecule has 0 unspecified atom stereocenters. The number of benzene rings is 2. The van der Waals surface area contributed by atoms with E-state index in [0.717, 1.165) is 10.0 Å². The Labute approximate surface area is 153 Å². The van der Waals surface area contributed by atoms with E-state index in [4.69, 9.17) is 4.74 Å². The van der Waals surface area contributed by atoms with Crippen molar-refractivity contribution in [1.82, 2.24) is 0 Å². The zero-order valence-electron chi connectivity index (χ0n) is 13.7. The summed E-state index contributed by atoms with van der Waals surface area (Å²) < 4.78 is 5.80. The highest BCUT2D eigenvalue weighted by atomic mass is 79.9. The molecule has 2 rings (SSSR count). The smallest absolute Gasteiger partial charge is 0.338 e. The normalized spacial score (nSPS) is 11.1. The Hall–Kier alpha value is -2.74. The van der Waals surface area contributed by atoms with Crippen LogP contribution in [0.5, 0.6) is 0 Å². The number of esters is 1. The molecule has 0 radical (unpaired) electrons. The summed E-state index contributed by atoms with van der Waals surface area (Å²) >= 11 is 3.36. The Bertz CT molecular complexity index is 819. The van der Waals surface area contributed by atoms with Gasteiger partial charge in [-0.25, -0.2) is 4.79 Å². The van der Waals surface area contributed by atoms with Crippen molar-refractivity contribution in [2.24, 2.45) is 5.10 Å². The van der Waals surface area contributed by atoms with Crippen LogP contribution in [0.3, 0.4) is 0 Å². The maximum atomic E-state index is 11.7. The van der Waals surface area contributed by atoms with Crippen LogP contribution < -0.4 is 5.43 Å².